The molecule has 18 heavy (non-hydrogen) atoms. The van der Waals surface area contributed by atoms with Crippen molar-refractivity contribution < 1.29 is 19.2 Å². The monoisotopic (exact) mass is 254 g/mol. The zero-order valence-corrected chi connectivity index (χ0v) is 10.1. The topological polar surface area (TPSA) is 105 Å². The van der Waals surface area contributed by atoms with Gasteiger partial charge in [-0.3, -0.25) is 10.1 Å². The van der Waals surface area contributed by atoms with Gasteiger partial charge in [-0.05, 0) is 26.0 Å². The Morgan fingerprint density at radius 2 is 1.94 bits per heavy atom. The molecule has 98 valence electrons. The third-order valence-corrected chi connectivity index (χ3v) is 2.01. The van der Waals surface area contributed by atoms with E-state index in [1.54, 1.807) is 13.8 Å². The van der Waals surface area contributed by atoms with Crippen LogP contribution in [-0.4, -0.2) is 23.2 Å². The Balaban J connectivity index is 2.58. The molecule has 0 fully saturated rings. The molecule has 0 aliphatic rings. The molecule has 0 spiro atoms. The number of non-ortho nitro benzene ring substituents is 1. The van der Waals surface area contributed by atoms with Crippen LogP contribution in [0.15, 0.2) is 24.3 Å². The lowest BCUT2D eigenvalue weighted by Gasteiger charge is -2.23. The predicted octanol–water partition coefficient (Wildman–Crippen LogP) is 1.85. The highest BCUT2D eigenvalue weighted by molar-refractivity contribution is 5.65. The summed E-state index contributed by atoms with van der Waals surface area (Å²) in [7, 11) is 0. The first-order valence-electron chi connectivity index (χ1n) is 5.16. The second kappa shape index (κ2) is 5.35. The highest BCUT2D eigenvalue weighted by Crippen LogP contribution is 2.19. The zero-order valence-electron chi connectivity index (χ0n) is 10.1. The van der Waals surface area contributed by atoms with Crippen LogP contribution < -0.4 is 10.5 Å². The van der Waals surface area contributed by atoms with Crippen molar-refractivity contribution in [1.29, 1.82) is 0 Å². The first-order valence-corrected chi connectivity index (χ1v) is 5.16. The van der Waals surface area contributed by atoms with Gasteiger partial charge in [0.1, 0.15) is 18.0 Å². The summed E-state index contributed by atoms with van der Waals surface area (Å²) < 4.78 is 10.2. The number of nitro benzene ring substituents is 1. The van der Waals surface area contributed by atoms with Gasteiger partial charge in [-0.15, -0.1) is 0 Å². The normalized spacial score (nSPS) is 10.8. The van der Waals surface area contributed by atoms with Crippen LogP contribution >= 0.6 is 0 Å². The Morgan fingerprint density at radius 3 is 2.39 bits per heavy atom. The van der Waals surface area contributed by atoms with E-state index in [4.69, 9.17) is 15.2 Å². The molecule has 0 atom stereocenters. The smallest absolute Gasteiger partial charge is 0.405 e. The van der Waals surface area contributed by atoms with E-state index in [2.05, 4.69) is 0 Å². The summed E-state index contributed by atoms with van der Waals surface area (Å²) in [6.45, 7) is 3.38. The number of benzene rings is 1. The van der Waals surface area contributed by atoms with E-state index in [9.17, 15) is 14.9 Å². The van der Waals surface area contributed by atoms with Gasteiger partial charge in [-0.1, -0.05) is 0 Å². The average molecular weight is 254 g/mol. The van der Waals surface area contributed by atoms with Crippen molar-refractivity contribution in [2.24, 2.45) is 5.73 Å². The Labute approximate surface area is 104 Å². The molecule has 1 aromatic carbocycles. The summed E-state index contributed by atoms with van der Waals surface area (Å²) in [5.41, 5.74) is 4.02. The van der Waals surface area contributed by atoms with Gasteiger partial charge in [-0.25, -0.2) is 4.79 Å². The Hall–Kier alpha value is -2.31. The molecule has 1 rings (SSSR count). The molecular weight excluding hydrogens is 240 g/mol. The van der Waals surface area contributed by atoms with Crippen LogP contribution in [0.3, 0.4) is 0 Å². The maximum Gasteiger partial charge on any atom is 0.405 e. The minimum absolute atomic E-state index is 0.0185. The molecule has 7 heteroatoms. The SMILES string of the molecule is CC(C)(COc1ccc([N+](=O)[O-])cc1)OC(N)=O. The quantitative estimate of drug-likeness (QED) is 0.637. The number of hydrogen-bond donors (Lipinski definition) is 1. The van der Waals surface area contributed by atoms with E-state index in [0.717, 1.165) is 0 Å². The van der Waals surface area contributed by atoms with Crippen LogP contribution in [-0.2, 0) is 4.74 Å². The number of amides is 1. The average Bonchev–Trinajstić information content (AvgIpc) is 2.25. The van der Waals surface area contributed by atoms with Crippen molar-refractivity contribution in [3.63, 3.8) is 0 Å². The molecule has 0 heterocycles. The van der Waals surface area contributed by atoms with Crippen LogP contribution in [0.25, 0.3) is 0 Å². The molecule has 1 aromatic rings. The first-order chi connectivity index (χ1) is 8.30. The van der Waals surface area contributed by atoms with Gasteiger partial charge in [0.2, 0.25) is 0 Å². The number of carbonyl (C=O) groups is 1. The molecule has 0 saturated heterocycles. The molecule has 0 saturated carbocycles. The number of nitro groups is 1. The van der Waals surface area contributed by atoms with Gasteiger partial charge in [-0.2, -0.15) is 0 Å². The molecule has 0 aliphatic carbocycles. The molecule has 0 bridgehead atoms. The van der Waals surface area contributed by atoms with Crippen molar-refractivity contribution >= 4 is 11.8 Å². The van der Waals surface area contributed by atoms with E-state index in [1.165, 1.54) is 24.3 Å². The van der Waals surface area contributed by atoms with E-state index in [0.29, 0.717) is 5.75 Å². The van der Waals surface area contributed by atoms with Gasteiger partial charge in [0, 0.05) is 12.1 Å². The van der Waals surface area contributed by atoms with Crippen molar-refractivity contribution in [3.05, 3.63) is 34.4 Å². The summed E-state index contributed by atoms with van der Waals surface area (Å²) in [4.78, 5) is 20.6. The minimum atomic E-state index is -0.882. The number of nitrogens with two attached hydrogens (primary N) is 1. The summed E-state index contributed by atoms with van der Waals surface area (Å²) >= 11 is 0. The van der Waals surface area contributed by atoms with Gasteiger partial charge in [0.05, 0.1) is 4.92 Å². The van der Waals surface area contributed by atoms with Crippen LogP contribution in [0, 0.1) is 10.1 Å². The van der Waals surface area contributed by atoms with E-state index < -0.39 is 16.6 Å². The van der Waals surface area contributed by atoms with Crippen molar-refractivity contribution in [1.82, 2.24) is 0 Å². The van der Waals surface area contributed by atoms with E-state index in [1.807, 2.05) is 0 Å². The third-order valence-electron chi connectivity index (χ3n) is 2.01. The lowest BCUT2D eigenvalue weighted by Crippen LogP contribution is -2.36. The molecule has 0 aromatic heterocycles. The second-order valence-corrected chi connectivity index (χ2v) is 4.22. The lowest BCUT2D eigenvalue weighted by atomic mass is 10.1. The third kappa shape index (κ3) is 4.28. The second-order valence-electron chi connectivity index (χ2n) is 4.22. The number of ether oxygens (including phenoxy) is 2. The summed E-state index contributed by atoms with van der Waals surface area (Å²) in [5, 5.41) is 10.4. The Bertz CT molecular complexity index is 441. The van der Waals surface area contributed by atoms with Crippen LogP contribution in [0.2, 0.25) is 0 Å². The molecule has 7 nitrogen and oxygen atoms in total. The fourth-order valence-corrected chi connectivity index (χ4v) is 1.22. The van der Waals surface area contributed by atoms with Gasteiger partial charge in [0.15, 0.2) is 0 Å². The largest absolute Gasteiger partial charge is 0.489 e. The fourth-order valence-electron chi connectivity index (χ4n) is 1.22. The van der Waals surface area contributed by atoms with Crippen molar-refractivity contribution in [3.8, 4) is 5.75 Å². The lowest BCUT2D eigenvalue weighted by molar-refractivity contribution is -0.384. The Kier molecular flexibility index (Phi) is 4.09. The van der Waals surface area contributed by atoms with Crippen molar-refractivity contribution in [2.45, 2.75) is 19.4 Å². The number of rotatable bonds is 5. The van der Waals surface area contributed by atoms with E-state index >= 15 is 0 Å². The summed E-state index contributed by atoms with van der Waals surface area (Å²) in [6, 6.07) is 5.60. The van der Waals surface area contributed by atoms with Crippen molar-refractivity contribution in [2.75, 3.05) is 6.61 Å². The first kappa shape index (κ1) is 13.8. The molecule has 0 radical (unpaired) electrons. The van der Waals surface area contributed by atoms with E-state index in [-0.39, 0.29) is 12.3 Å². The number of primary amides is 1. The summed E-state index contributed by atoms with van der Waals surface area (Å²) in [5.74, 6) is 0.446. The predicted molar refractivity (Wildman–Crippen MR) is 63.3 cm³/mol. The van der Waals surface area contributed by atoms with Gasteiger partial charge < -0.3 is 15.2 Å². The highest BCUT2D eigenvalue weighted by atomic mass is 16.6. The Morgan fingerprint density at radius 1 is 1.39 bits per heavy atom. The van der Waals surface area contributed by atoms with Gasteiger partial charge in [0.25, 0.3) is 5.69 Å². The molecular formula is C11H14N2O5. The summed E-state index contributed by atoms with van der Waals surface area (Å²) in [6.07, 6.45) is -0.882. The molecule has 1 amide bonds. The maximum absolute atomic E-state index is 10.6. The molecule has 2 N–H and O–H groups in total. The minimum Gasteiger partial charge on any atom is -0.489 e. The fraction of sp³-hybridized carbons (Fsp3) is 0.364. The van der Waals surface area contributed by atoms with Gasteiger partial charge >= 0.3 is 6.09 Å². The van der Waals surface area contributed by atoms with Crippen LogP contribution in [0.1, 0.15) is 13.8 Å². The number of carbonyl (C=O) groups excluding carboxylic acids is 1. The van der Waals surface area contributed by atoms with Crippen LogP contribution in [0.4, 0.5) is 10.5 Å². The number of hydrogen-bond acceptors (Lipinski definition) is 5. The number of nitrogens with zero attached hydrogens (tertiary/aromatic N) is 1. The maximum atomic E-state index is 10.6. The molecule has 0 unspecified atom stereocenters. The standard InChI is InChI=1S/C11H14N2O5/c1-11(2,18-10(12)14)7-17-9-5-3-8(4-6-9)13(15)16/h3-6H,7H2,1-2H3,(H2,12,14). The zero-order chi connectivity index (χ0) is 13.8. The van der Waals surface area contributed by atoms with Crippen LogP contribution in [0.5, 0.6) is 5.75 Å². The highest BCUT2D eigenvalue weighted by Gasteiger charge is 2.22. The molecule has 0 aliphatic heterocycles.